The highest BCUT2D eigenvalue weighted by atomic mass is 32.2. The van der Waals surface area contributed by atoms with Crippen molar-refractivity contribution in [2.45, 2.75) is 23.2 Å². The summed E-state index contributed by atoms with van der Waals surface area (Å²) in [7, 11) is -2.20. The fraction of sp³-hybridized carbons (Fsp3) is 0.368. The van der Waals surface area contributed by atoms with Crippen molar-refractivity contribution in [1.82, 2.24) is 4.72 Å². The number of methoxy groups -OCH3 is 1. The summed E-state index contributed by atoms with van der Waals surface area (Å²) in [6, 6.07) is 12.5. The van der Waals surface area contributed by atoms with Crippen molar-refractivity contribution < 1.29 is 22.8 Å². The van der Waals surface area contributed by atoms with Crippen molar-refractivity contribution in [3.63, 3.8) is 0 Å². The van der Waals surface area contributed by atoms with Crippen molar-refractivity contribution in [1.29, 1.82) is 0 Å². The molecule has 150 valence electrons. The van der Waals surface area contributed by atoms with Crippen LogP contribution in [-0.4, -0.2) is 40.2 Å². The Morgan fingerprint density at radius 2 is 1.71 bits per heavy atom. The number of hydrogen-bond donors (Lipinski definition) is 1. The Morgan fingerprint density at radius 3 is 2.25 bits per heavy atom. The van der Waals surface area contributed by atoms with Crippen LogP contribution < -0.4 is 9.46 Å². The molecule has 0 saturated carbocycles. The number of nitro groups is 1. The summed E-state index contributed by atoms with van der Waals surface area (Å²) in [5.41, 5.74) is 0.472. The molecule has 1 N–H and O–H groups in total. The first-order valence-corrected chi connectivity index (χ1v) is 10.3. The number of hydrogen-bond acceptors (Lipinski definition) is 6. The Hall–Kier alpha value is -2.49. The molecule has 8 nitrogen and oxygen atoms in total. The maximum absolute atomic E-state index is 12.7. The Labute approximate surface area is 163 Å². The molecule has 1 fully saturated rings. The average molecular weight is 406 g/mol. The number of ether oxygens (including phenoxy) is 2. The van der Waals surface area contributed by atoms with Crippen molar-refractivity contribution >= 4 is 15.7 Å². The molecule has 3 rings (SSSR count). The smallest absolute Gasteiger partial charge is 0.269 e. The maximum Gasteiger partial charge on any atom is 0.269 e. The molecule has 0 aliphatic carbocycles. The third-order valence-corrected chi connectivity index (χ3v) is 6.53. The third-order valence-electron chi connectivity index (χ3n) is 5.11. The molecule has 1 saturated heterocycles. The SMILES string of the molecule is COc1ccc(C2(CNS(=O)(=O)c3ccc([N+](=O)[O-])cc3)CCOCC2)cc1. The summed E-state index contributed by atoms with van der Waals surface area (Å²) < 4.78 is 38.8. The van der Waals surface area contributed by atoms with Crippen LogP contribution in [0, 0.1) is 10.1 Å². The molecule has 1 aliphatic heterocycles. The second-order valence-corrected chi connectivity index (χ2v) is 8.46. The number of sulfonamides is 1. The molecule has 28 heavy (non-hydrogen) atoms. The van der Waals surface area contributed by atoms with Gasteiger partial charge in [-0.25, -0.2) is 13.1 Å². The molecular weight excluding hydrogens is 384 g/mol. The first-order valence-electron chi connectivity index (χ1n) is 8.83. The van der Waals surface area contributed by atoms with E-state index in [1.54, 1.807) is 7.11 Å². The molecule has 0 unspecified atom stereocenters. The van der Waals surface area contributed by atoms with E-state index in [0.29, 0.717) is 26.1 Å². The second kappa shape index (κ2) is 8.26. The lowest BCUT2D eigenvalue weighted by Crippen LogP contribution is -2.44. The quantitative estimate of drug-likeness (QED) is 0.559. The third kappa shape index (κ3) is 4.32. The van der Waals surface area contributed by atoms with Crippen LogP contribution in [-0.2, 0) is 20.2 Å². The van der Waals surface area contributed by atoms with Gasteiger partial charge >= 0.3 is 0 Å². The van der Waals surface area contributed by atoms with Gasteiger partial charge in [0.1, 0.15) is 5.75 Å². The molecule has 0 atom stereocenters. The van der Waals surface area contributed by atoms with E-state index >= 15 is 0 Å². The number of nitro benzene ring substituents is 1. The molecule has 0 aromatic heterocycles. The van der Waals surface area contributed by atoms with Gasteiger partial charge in [-0.05, 0) is 42.7 Å². The van der Waals surface area contributed by atoms with Gasteiger partial charge in [0.15, 0.2) is 0 Å². The Bertz CT molecular complexity index is 920. The molecular formula is C19H22N2O6S. The van der Waals surface area contributed by atoms with Gasteiger partial charge in [0.25, 0.3) is 5.69 Å². The first kappa shape index (κ1) is 20.2. The van der Waals surface area contributed by atoms with Gasteiger partial charge < -0.3 is 9.47 Å². The highest BCUT2D eigenvalue weighted by Gasteiger charge is 2.36. The largest absolute Gasteiger partial charge is 0.497 e. The molecule has 2 aromatic carbocycles. The first-order chi connectivity index (χ1) is 13.4. The second-order valence-electron chi connectivity index (χ2n) is 6.70. The number of rotatable bonds is 7. The number of non-ortho nitro benzene ring substituents is 1. The lowest BCUT2D eigenvalue weighted by molar-refractivity contribution is -0.384. The van der Waals surface area contributed by atoms with Crippen molar-refractivity contribution in [3.8, 4) is 5.75 Å². The van der Waals surface area contributed by atoms with E-state index in [1.165, 1.54) is 24.3 Å². The van der Waals surface area contributed by atoms with Crippen LogP contribution >= 0.6 is 0 Å². The monoisotopic (exact) mass is 406 g/mol. The van der Waals surface area contributed by atoms with Gasteiger partial charge in [-0.15, -0.1) is 0 Å². The lowest BCUT2D eigenvalue weighted by atomic mass is 9.74. The molecule has 1 aliphatic rings. The standard InChI is InChI=1S/C19H22N2O6S/c1-26-17-6-2-15(3-7-17)19(10-12-27-13-11-19)14-20-28(24,25)18-8-4-16(5-9-18)21(22)23/h2-9,20H,10-14H2,1H3. The van der Waals surface area contributed by atoms with Gasteiger partial charge in [0.2, 0.25) is 10.0 Å². The highest BCUT2D eigenvalue weighted by molar-refractivity contribution is 7.89. The van der Waals surface area contributed by atoms with Crippen LogP contribution in [0.4, 0.5) is 5.69 Å². The molecule has 9 heteroatoms. The number of nitrogens with one attached hydrogen (secondary N) is 1. The minimum absolute atomic E-state index is 0.00459. The molecule has 0 amide bonds. The summed E-state index contributed by atoms with van der Waals surface area (Å²) in [5.74, 6) is 0.734. The minimum atomic E-state index is -3.80. The number of nitrogens with zero attached hydrogens (tertiary/aromatic N) is 1. The van der Waals surface area contributed by atoms with Gasteiger partial charge in [-0.3, -0.25) is 10.1 Å². The van der Waals surface area contributed by atoms with Gasteiger partial charge in [0.05, 0.1) is 16.9 Å². The summed E-state index contributed by atoms with van der Waals surface area (Å²) in [6.07, 6.45) is 1.37. The van der Waals surface area contributed by atoms with E-state index in [2.05, 4.69) is 4.72 Å². The highest BCUT2D eigenvalue weighted by Crippen LogP contribution is 2.35. The summed E-state index contributed by atoms with van der Waals surface area (Å²) in [4.78, 5) is 10.2. The fourth-order valence-electron chi connectivity index (χ4n) is 3.34. The van der Waals surface area contributed by atoms with E-state index in [9.17, 15) is 18.5 Å². The van der Waals surface area contributed by atoms with E-state index in [4.69, 9.17) is 9.47 Å². The molecule has 0 bridgehead atoms. The maximum atomic E-state index is 12.7. The summed E-state index contributed by atoms with van der Waals surface area (Å²) >= 11 is 0. The zero-order chi connectivity index (χ0) is 20.2. The predicted octanol–water partition coefficient (Wildman–Crippen LogP) is 2.63. The van der Waals surface area contributed by atoms with Crippen molar-refractivity contribution in [3.05, 3.63) is 64.2 Å². The van der Waals surface area contributed by atoms with E-state index in [1.807, 2.05) is 24.3 Å². The molecule has 2 aromatic rings. The average Bonchev–Trinajstić information content (AvgIpc) is 2.73. The van der Waals surface area contributed by atoms with Crippen LogP contribution in [0.15, 0.2) is 53.4 Å². The van der Waals surface area contributed by atoms with Crippen LogP contribution in [0.25, 0.3) is 0 Å². The summed E-state index contributed by atoms with van der Waals surface area (Å²) in [5, 5.41) is 10.8. The van der Waals surface area contributed by atoms with Gasteiger partial charge in [0, 0.05) is 37.3 Å². The molecule has 0 spiro atoms. The zero-order valence-corrected chi connectivity index (χ0v) is 16.3. The Kier molecular flexibility index (Phi) is 5.97. The van der Waals surface area contributed by atoms with Gasteiger partial charge in [-0.1, -0.05) is 12.1 Å². The fourth-order valence-corrected chi connectivity index (χ4v) is 4.47. The Balaban J connectivity index is 1.81. The topological polar surface area (TPSA) is 108 Å². The van der Waals surface area contributed by atoms with Crippen LogP contribution in [0.5, 0.6) is 5.75 Å². The molecule has 0 radical (unpaired) electrons. The van der Waals surface area contributed by atoms with Crippen LogP contribution in [0.3, 0.4) is 0 Å². The number of benzene rings is 2. The summed E-state index contributed by atoms with van der Waals surface area (Å²) in [6.45, 7) is 1.30. The van der Waals surface area contributed by atoms with Gasteiger partial charge in [-0.2, -0.15) is 0 Å². The van der Waals surface area contributed by atoms with E-state index in [-0.39, 0.29) is 17.1 Å². The van der Waals surface area contributed by atoms with Crippen molar-refractivity contribution in [2.24, 2.45) is 0 Å². The normalized spacial score (nSPS) is 16.5. The van der Waals surface area contributed by atoms with E-state index in [0.717, 1.165) is 11.3 Å². The van der Waals surface area contributed by atoms with Crippen molar-refractivity contribution in [2.75, 3.05) is 26.9 Å². The predicted molar refractivity (Wildman–Crippen MR) is 103 cm³/mol. The van der Waals surface area contributed by atoms with Crippen LogP contribution in [0.2, 0.25) is 0 Å². The minimum Gasteiger partial charge on any atom is -0.497 e. The zero-order valence-electron chi connectivity index (χ0n) is 15.5. The Morgan fingerprint density at radius 1 is 1.11 bits per heavy atom. The van der Waals surface area contributed by atoms with E-state index < -0.39 is 20.4 Å². The lowest BCUT2D eigenvalue weighted by Gasteiger charge is -2.38. The molecule has 1 heterocycles. The van der Waals surface area contributed by atoms with Crippen LogP contribution in [0.1, 0.15) is 18.4 Å².